The topological polar surface area (TPSA) is 55.8 Å². The predicted octanol–water partition coefficient (Wildman–Crippen LogP) is 2.89. The van der Waals surface area contributed by atoms with E-state index in [1.165, 1.54) is 4.31 Å². The number of sulfonamides is 1. The van der Waals surface area contributed by atoms with Gasteiger partial charge in [-0.1, -0.05) is 6.92 Å². The van der Waals surface area contributed by atoms with E-state index in [0.29, 0.717) is 25.4 Å². The maximum atomic E-state index is 13.1. The molecule has 0 spiro atoms. The highest BCUT2D eigenvalue weighted by molar-refractivity contribution is 7.89. The molecular weight excluding hydrogens is 314 g/mol. The maximum absolute atomic E-state index is 13.1. The van der Waals surface area contributed by atoms with Gasteiger partial charge in [0.2, 0.25) is 10.0 Å². The SMILES string of the molecule is CCCOc1cc(C)c(C)cc1S(=O)(=O)N1C[C@H](C)O[C@@H](C)C1. The summed E-state index contributed by atoms with van der Waals surface area (Å²) < 4.78 is 39.1. The third-order valence-corrected chi connectivity index (χ3v) is 5.88. The van der Waals surface area contributed by atoms with Gasteiger partial charge >= 0.3 is 0 Å². The van der Waals surface area contributed by atoms with Gasteiger partial charge in [0.15, 0.2) is 0 Å². The molecule has 1 aromatic carbocycles. The highest BCUT2D eigenvalue weighted by Crippen LogP contribution is 2.31. The summed E-state index contributed by atoms with van der Waals surface area (Å²) >= 11 is 0. The second kappa shape index (κ2) is 7.20. The minimum absolute atomic E-state index is 0.111. The van der Waals surface area contributed by atoms with Crippen molar-refractivity contribution in [2.45, 2.75) is 58.1 Å². The average Bonchev–Trinajstić information content (AvgIpc) is 2.47. The second-order valence-corrected chi connectivity index (χ2v) is 8.22. The Morgan fingerprint density at radius 1 is 1.17 bits per heavy atom. The third-order valence-electron chi connectivity index (χ3n) is 4.03. The van der Waals surface area contributed by atoms with Gasteiger partial charge < -0.3 is 9.47 Å². The van der Waals surface area contributed by atoms with Crippen molar-refractivity contribution in [3.05, 3.63) is 23.3 Å². The largest absolute Gasteiger partial charge is 0.492 e. The number of ether oxygens (including phenoxy) is 2. The molecule has 130 valence electrons. The predicted molar refractivity (Wildman–Crippen MR) is 90.5 cm³/mol. The number of rotatable bonds is 5. The molecular formula is C17H27NO4S. The van der Waals surface area contributed by atoms with Crippen molar-refractivity contribution < 1.29 is 17.9 Å². The van der Waals surface area contributed by atoms with Crippen molar-refractivity contribution in [2.75, 3.05) is 19.7 Å². The molecule has 0 saturated carbocycles. The Labute approximate surface area is 139 Å². The van der Waals surface area contributed by atoms with Crippen LogP contribution in [0.4, 0.5) is 0 Å². The number of benzene rings is 1. The van der Waals surface area contributed by atoms with Crippen LogP contribution >= 0.6 is 0 Å². The standard InChI is InChI=1S/C17H27NO4S/c1-6-7-21-16-8-12(2)13(3)9-17(16)23(19,20)18-10-14(4)22-15(5)11-18/h8-9,14-15H,6-7,10-11H2,1-5H3/t14-,15-/m0/s1. The average molecular weight is 341 g/mol. The molecule has 0 radical (unpaired) electrons. The van der Waals surface area contributed by atoms with Crippen LogP contribution in [0, 0.1) is 13.8 Å². The highest BCUT2D eigenvalue weighted by Gasteiger charge is 2.34. The third kappa shape index (κ3) is 4.05. The van der Waals surface area contributed by atoms with E-state index in [1.807, 2.05) is 40.7 Å². The van der Waals surface area contributed by atoms with Crippen LogP contribution in [0.3, 0.4) is 0 Å². The first-order chi connectivity index (χ1) is 10.8. The van der Waals surface area contributed by atoms with Crippen LogP contribution < -0.4 is 4.74 Å². The molecule has 1 aromatic rings. The van der Waals surface area contributed by atoms with Crippen LogP contribution in [0.25, 0.3) is 0 Å². The quantitative estimate of drug-likeness (QED) is 0.826. The summed E-state index contributed by atoms with van der Waals surface area (Å²) in [5.41, 5.74) is 1.97. The van der Waals surface area contributed by atoms with Gasteiger partial charge in [-0.05, 0) is 57.4 Å². The number of aryl methyl sites for hydroxylation is 2. The van der Waals surface area contributed by atoms with Gasteiger partial charge in [-0.15, -0.1) is 0 Å². The molecule has 23 heavy (non-hydrogen) atoms. The van der Waals surface area contributed by atoms with Crippen LogP contribution in [0.15, 0.2) is 17.0 Å². The number of hydrogen-bond acceptors (Lipinski definition) is 4. The summed E-state index contributed by atoms with van der Waals surface area (Å²) in [5.74, 6) is 0.446. The molecule has 0 aromatic heterocycles. The Morgan fingerprint density at radius 2 is 1.74 bits per heavy atom. The molecule has 2 rings (SSSR count). The van der Waals surface area contributed by atoms with E-state index in [-0.39, 0.29) is 17.1 Å². The van der Waals surface area contributed by atoms with Gasteiger partial charge in [-0.25, -0.2) is 8.42 Å². The van der Waals surface area contributed by atoms with E-state index in [1.54, 1.807) is 6.07 Å². The van der Waals surface area contributed by atoms with E-state index in [9.17, 15) is 8.42 Å². The first-order valence-corrected chi connectivity index (χ1v) is 9.59. The number of morpholine rings is 1. The summed E-state index contributed by atoms with van der Waals surface area (Å²) in [7, 11) is -3.60. The Hall–Kier alpha value is -1.11. The Balaban J connectivity index is 2.43. The lowest BCUT2D eigenvalue weighted by Crippen LogP contribution is -2.48. The Bertz CT molecular complexity index is 647. The van der Waals surface area contributed by atoms with E-state index in [0.717, 1.165) is 17.5 Å². The molecule has 1 heterocycles. The van der Waals surface area contributed by atoms with Gasteiger partial charge in [0.05, 0.1) is 18.8 Å². The van der Waals surface area contributed by atoms with Crippen molar-refractivity contribution in [2.24, 2.45) is 0 Å². The summed E-state index contributed by atoms with van der Waals surface area (Å²) in [6.45, 7) is 10.9. The molecule has 1 saturated heterocycles. The lowest BCUT2D eigenvalue weighted by molar-refractivity contribution is -0.0441. The number of hydrogen-bond donors (Lipinski definition) is 0. The van der Waals surface area contributed by atoms with Crippen LogP contribution in [-0.2, 0) is 14.8 Å². The van der Waals surface area contributed by atoms with Crippen molar-refractivity contribution in [1.29, 1.82) is 0 Å². The van der Waals surface area contributed by atoms with E-state index in [4.69, 9.17) is 9.47 Å². The molecule has 0 N–H and O–H groups in total. The molecule has 1 aliphatic heterocycles. The van der Waals surface area contributed by atoms with Gasteiger partial charge in [0.25, 0.3) is 0 Å². The molecule has 0 unspecified atom stereocenters. The van der Waals surface area contributed by atoms with Gasteiger partial charge in [-0.2, -0.15) is 4.31 Å². The lowest BCUT2D eigenvalue weighted by atomic mass is 10.1. The van der Waals surface area contributed by atoms with Crippen LogP contribution in [0.2, 0.25) is 0 Å². The fraction of sp³-hybridized carbons (Fsp3) is 0.647. The summed E-state index contributed by atoms with van der Waals surface area (Å²) in [4.78, 5) is 0.260. The molecule has 2 atom stereocenters. The minimum atomic E-state index is -3.60. The zero-order valence-corrected chi connectivity index (χ0v) is 15.4. The number of nitrogens with zero attached hydrogens (tertiary/aromatic N) is 1. The van der Waals surface area contributed by atoms with Crippen molar-refractivity contribution >= 4 is 10.0 Å². The fourth-order valence-corrected chi connectivity index (χ4v) is 4.54. The zero-order valence-electron chi connectivity index (χ0n) is 14.6. The van der Waals surface area contributed by atoms with Gasteiger partial charge in [-0.3, -0.25) is 0 Å². The minimum Gasteiger partial charge on any atom is -0.492 e. The van der Waals surface area contributed by atoms with Crippen molar-refractivity contribution in [3.8, 4) is 5.75 Å². The van der Waals surface area contributed by atoms with E-state index in [2.05, 4.69) is 0 Å². The first kappa shape index (κ1) is 18.2. The lowest BCUT2D eigenvalue weighted by Gasteiger charge is -2.34. The van der Waals surface area contributed by atoms with Crippen LogP contribution in [-0.4, -0.2) is 44.6 Å². The Morgan fingerprint density at radius 3 is 2.30 bits per heavy atom. The smallest absolute Gasteiger partial charge is 0.246 e. The van der Waals surface area contributed by atoms with Crippen molar-refractivity contribution in [3.63, 3.8) is 0 Å². The second-order valence-electron chi connectivity index (χ2n) is 6.31. The van der Waals surface area contributed by atoms with Crippen LogP contribution in [0.5, 0.6) is 5.75 Å². The summed E-state index contributed by atoms with van der Waals surface area (Å²) in [6.07, 6.45) is 0.609. The summed E-state index contributed by atoms with van der Waals surface area (Å²) in [5, 5.41) is 0. The maximum Gasteiger partial charge on any atom is 0.246 e. The molecule has 0 aliphatic carbocycles. The molecule has 5 nitrogen and oxygen atoms in total. The van der Waals surface area contributed by atoms with Crippen molar-refractivity contribution in [1.82, 2.24) is 4.31 Å². The van der Waals surface area contributed by atoms with Gasteiger partial charge in [0, 0.05) is 13.1 Å². The molecule has 1 aliphatic rings. The Kier molecular flexibility index (Phi) is 5.70. The molecule has 6 heteroatoms. The van der Waals surface area contributed by atoms with Crippen LogP contribution in [0.1, 0.15) is 38.3 Å². The summed E-state index contributed by atoms with van der Waals surface area (Å²) in [6, 6.07) is 3.55. The fourth-order valence-electron chi connectivity index (χ4n) is 2.76. The van der Waals surface area contributed by atoms with E-state index < -0.39 is 10.0 Å². The highest BCUT2D eigenvalue weighted by atomic mass is 32.2. The monoisotopic (exact) mass is 341 g/mol. The molecule has 0 amide bonds. The molecule has 0 bridgehead atoms. The molecule has 1 fully saturated rings. The van der Waals surface area contributed by atoms with E-state index >= 15 is 0 Å². The normalized spacial score (nSPS) is 23.0. The van der Waals surface area contributed by atoms with Gasteiger partial charge in [0.1, 0.15) is 10.6 Å². The first-order valence-electron chi connectivity index (χ1n) is 8.15. The zero-order chi connectivity index (χ0) is 17.2.